The molecule has 2 rings (SSSR count). The van der Waals surface area contributed by atoms with E-state index in [1.807, 2.05) is 12.2 Å². The minimum absolute atomic E-state index is 0.0463. The average Bonchev–Trinajstić information content (AvgIpc) is 2.07. The lowest BCUT2D eigenvalue weighted by molar-refractivity contribution is -0.138. The molecule has 1 N–H and O–H groups in total. The summed E-state index contributed by atoms with van der Waals surface area (Å²) in [6.07, 6.45) is 3.95. The second-order valence-corrected chi connectivity index (χ2v) is 2.40. The average molecular weight is 110 g/mol. The maximum Gasteiger partial charge on any atom is 0.307 e. The highest BCUT2D eigenvalue weighted by Gasteiger charge is 2.56. The molecular weight excluding hydrogens is 104 g/mol. The molecule has 0 saturated heterocycles. The Hall–Kier alpha value is -0.790. The highest BCUT2D eigenvalue weighted by Crippen LogP contribution is 2.55. The zero-order valence-corrected chi connectivity index (χ0v) is 4.24. The van der Waals surface area contributed by atoms with Gasteiger partial charge in [0.15, 0.2) is 0 Å². The maximum absolute atomic E-state index is 10.2. The molecule has 0 aromatic rings. The van der Waals surface area contributed by atoms with Crippen LogP contribution in [-0.4, -0.2) is 11.1 Å². The number of carbonyl (C=O) groups is 1. The van der Waals surface area contributed by atoms with Gasteiger partial charge in [-0.1, -0.05) is 12.2 Å². The van der Waals surface area contributed by atoms with E-state index in [-0.39, 0.29) is 5.92 Å². The number of hydrogen-bond acceptors (Lipinski definition) is 1. The zero-order chi connectivity index (χ0) is 5.72. The molecule has 2 heteroatoms. The fourth-order valence-electron chi connectivity index (χ4n) is 1.30. The van der Waals surface area contributed by atoms with Crippen molar-refractivity contribution in [3.8, 4) is 0 Å². The monoisotopic (exact) mass is 110 g/mol. The Bertz CT molecular complexity index is 159. The Balaban J connectivity index is 2.09. The molecule has 2 aliphatic carbocycles. The SMILES string of the molecule is O=C(O)C1C2C=CC21. The summed E-state index contributed by atoms with van der Waals surface area (Å²) in [5.74, 6) is 0.139. The van der Waals surface area contributed by atoms with Crippen molar-refractivity contribution in [2.75, 3.05) is 0 Å². The molecule has 0 aromatic heterocycles. The van der Waals surface area contributed by atoms with Crippen molar-refractivity contribution in [1.29, 1.82) is 0 Å². The molecule has 0 aromatic carbocycles. The number of carboxylic acid groups (broad SMARTS) is 1. The van der Waals surface area contributed by atoms with Gasteiger partial charge >= 0.3 is 5.97 Å². The first-order valence-electron chi connectivity index (χ1n) is 2.72. The van der Waals surface area contributed by atoms with E-state index in [1.165, 1.54) is 0 Å². The normalized spacial score (nSPS) is 47.2. The number of aliphatic carboxylic acids is 1. The van der Waals surface area contributed by atoms with Gasteiger partial charge in [0.1, 0.15) is 0 Å². The number of fused-ring (bicyclic) bond motifs is 1. The third-order valence-corrected chi connectivity index (χ3v) is 1.97. The van der Waals surface area contributed by atoms with Gasteiger partial charge < -0.3 is 5.11 Å². The van der Waals surface area contributed by atoms with Gasteiger partial charge in [-0.15, -0.1) is 0 Å². The van der Waals surface area contributed by atoms with Crippen LogP contribution in [0.15, 0.2) is 12.2 Å². The molecule has 0 aliphatic heterocycles. The van der Waals surface area contributed by atoms with Gasteiger partial charge in [-0.2, -0.15) is 0 Å². The summed E-state index contributed by atoms with van der Waals surface area (Å²) in [6, 6.07) is 0. The van der Waals surface area contributed by atoms with Crippen molar-refractivity contribution in [3.63, 3.8) is 0 Å². The summed E-state index contributed by atoms with van der Waals surface area (Å²) in [6.45, 7) is 0. The lowest BCUT2D eigenvalue weighted by Gasteiger charge is -1.90. The second-order valence-electron chi connectivity index (χ2n) is 2.40. The fraction of sp³-hybridized carbons (Fsp3) is 0.500. The van der Waals surface area contributed by atoms with Crippen LogP contribution in [0.25, 0.3) is 0 Å². The first kappa shape index (κ1) is 4.13. The van der Waals surface area contributed by atoms with E-state index in [0.29, 0.717) is 11.8 Å². The van der Waals surface area contributed by atoms with Gasteiger partial charge in [0.2, 0.25) is 0 Å². The Morgan fingerprint density at radius 2 is 1.88 bits per heavy atom. The lowest BCUT2D eigenvalue weighted by atomic mass is 10.1. The van der Waals surface area contributed by atoms with E-state index in [2.05, 4.69) is 0 Å². The van der Waals surface area contributed by atoms with Crippen molar-refractivity contribution in [1.82, 2.24) is 0 Å². The summed E-state index contributed by atoms with van der Waals surface area (Å²) in [5.41, 5.74) is 0. The molecule has 2 atom stereocenters. The van der Waals surface area contributed by atoms with Crippen LogP contribution in [0.3, 0.4) is 0 Å². The van der Waals surface area contributed by atoms with Gasteiger partial charge in [-0.05, 0) is 11.8 Å². The van der Waals surface area contributed by atoms with Crippen molar-refractivity contribution < 1.29 is 9.90 Å². The molecule has 2 nitrogen and oxygen atoms in total. The Kier molecular flexibility index (Phi) is 0.498. The van der Waals surface area contributed by atoms with E-state index in [0.717, 1.165) is 0 Å². The predicted octanol–water partition coefficient (Wildman–Crippen LogP) is 0.503. The minimum Gasteiger partial charge on any atom is -0.481 e. The number of allylic oxidation sites excluding steroid dienone is 2. The zero-order valence-electron chi connectivity index (χ0n) is 4.24. The minimum atomic E-state index is -0.634. The molecule has 0 heterocycles. The van der Waals surface area contributed by atoms with Crippen LogP contribution in [0.1, 0.15) is 0 Å². The third kappa shape index (κ3) is 0.278. The summed E-state index contributed by atoms with van der Waals surface area (Å²) < 4.78 is 0. The molecule has 0 bridgehead atoms. The molecule has 0 radical (unpaired) electrons. The van der Waals surface area contributed by atoms with E-state index in [4.69, 9.17) is 5.11 Å². The predicted molar refractivity (Wildman–Crippen MR) is 27.2 cm³/mol. The highest BCUT2D eigenvalue weighted by atomic mass is 16.4. The van der Waals surface area contributed by atoms with E-state index in [1.54, 1.807) is 0 Å². The standard InChI is InChI=1S/C6H6O2/c7-6(8)5-3-1-2-4(3)5/h1-5H,(H,7,8). The Labute approximate surface area is 46.8 Å². The smallest absolute Gasteiger partial charge is 0.307 e. The van der Waals surface area contributed by atoms with Crippen LogP contribution in [0.2, 0.25) is 0 Å². The Morgan fingerprint density at radius 1 is 1.38 bits per heavy atom. The largest absolute Gasteiger partial charge is 0.481 e. The van der Waals surface area contributed by atoms with Crippen LogP contribution in [-0.2, 0) is 4.79 Å². The summed E-state index contributed by atoms with van der Waals surface area (Å²) >= 11 is 0. The maximum atomic E-state index is 10.2. The highest BCUT2D eigenvalue weighted by molar-refractivity contribution is 5.77. The third-order valence-electron chi connectivity index (χ3n) is 1.97. The van der Waals surface area contributed by atoms with E-state index in [9.17, 15) is 4.79 Å². The quantitative estimate of drug-likeness (QED) is 0.499. The van der Waals surface area contributed by atoms with Gasteiger partial charge in [0, 0.05) is 0 Å². The number of rotatable bonds is 1. The molecule has 42 valence electrons. The molecular formula is C6H6O2. The molecule has 0 amide bonds. The van der Waals surface area contributed by atoms with Crippen LogP contribution in [0.5, 0.6) is 0 Å². The van der Waals surface area contributed by atoms with E-state index >= 15 is 0 Å². The first-order chi connectivity index (χ1) is 3.80. The summed E-state index contributed by atoms with van der Waals surface area (Å²) in [5, 5.41) is 8.39. The van der Waals surface area contributed by atoms with Crippen molar-refractivity contribution in [2.45, 2.75) is 0 Å². The lowest BCUT2D eigenvalue weighted by Crippen LogP contribution is -1.97. The molecule has 2 unspecified atom stereocenters. The molecule has 1 fully saturated rings. The van der Waals surface area contributed by atoms with Crippen LogP contribution in [0.4, 0.5) is 0 Å². The van der Waals surface area contributed by atoms with E-state index < -0.39 is 5.97 Å². The van der Waals surface area contributed by atoms with Gasteiger partial charge in [-0.25, -0.2) is 0 Å². The topological polar surface area (TPSA) is 37.3 Å². The fourth-order valence-corrected chi connectivity index (χ4v) is 1.30. The van der Waals surface area contributed by atoms with Gasteiger partial charge in [0.25, 0.3) is 0 Å². The summed E-state index contributed by atoms with van der Waals surface area (Å²) in [7, 11) is 0. The number of carboxylic acids is 1. The van der Waals surface area contributed by atoms with Crippen molar-refractivity contribution in [3.05, 3.63) is 12.2 Å². The van der Waals surface area contributed by atoms with Crippen LogP contribution in [0, 0.1) is 17.8 Å². The summed E-state index contributed by atoms with van der Waals surface area (Å²) in [4.78, 5) is 10.2. The van der Waals surface area contributed by atoms with Crippen molar-refractivity contribution in [2.24, 2.45) is 17.8 Å². The van der Waals surface area contributed by atoms with Crippen molar-refractivity contribution >= 4 is 5.97 Å². The van der Waals surface area contributed by atoms with Gasteiger partial charge in [0.05, 0.1) is 5.92 Å². The molecule has 1 saturated carbocycles. The van der Waals surface area contributed by atoms with Crippen LogP contribution >= 0.6 is 0 Å². The Morgan fingerprint density at radius 3 is 2.00 bits per heavy atom. The molecule has 2 aliphatic rings. The molecule has 8 heavy (non-hydrogen) atoms. The second kappa shape index (κ2) is 0.966. The first-order valence-corrected chi connectivity index (χ1v) is 2.72. The number of hydrogen-bond donors (Lipinski definition) is 1. The van der Waals surface area contributed by atoms with Crippen LogP contribution < -0.4 is 0 Å². The molecule has 0 spiro atoms. The van der Waals surface area contributed by atoms with Gasteiger partial charge in [-0.3, -0.25) is 4.79 Å².